The van der Waals surface area contributed by atoms with Gasteiger partial charge in [-0.25, -0.2) is 0 Å². The normalized spacial score (nSPS) is 23.2. The van der Waals surface area contributed by atoms with Gasteiger partial charge in [0.15, 0.2) is 0 Å². The zero-order valence-corrected chi connectivity index (χ0v) is 8.46. The van der Waals surface area contributed by atoms with Crippen LogP contribution in [-0.2, 0) is 5.75 Å². The van der Waals surface area contributed by atoms with Crippen LogP contribution < -0.4 is 5.32 Å². The summed E-state index contributed by atoms with van der Waals surface area (Å²) in [5.41, 5.74) is 1.91. The molecule has 2 heterocycles. The van der Waals surface area contributed by atoms with Crippen molar-refractivity contribution in [1.29, 1.82) is 0 Å². The lowest BCUT2D eigenvalue weighted by Gasteiger charge is -2.05. The molecule has 4 heteroatoms. The molecule has 1 aliphatic heterocycles. The first-order valence-electron chi connectivity index (χ1n) is 4.15. The van der Waals surface area contributed by atoms with Gasteiger partial charge in [0.05, 0.1) is 5.51 Å². The van der Waals surface area contributed by atoms with E-state index in [0.29, 0.717) is 0 Å². The van der Waals surface area contributed by atoms with E-state index < -0.39 is 0 Å². The second kappa shape index (κ2) is 4.25. The molecule has 0 amide bonds. The molecule has 12 heavy (non-hydrogen) atoms. The number of thiazole rings is 1. The van der Waals surface area contributed by atoms with Crippen LogP contribution in [0.3, 0.4) is 0 Å². The van der Waals surface area contributed by atoms with Crippen molar-refractivity contribution in [3.8, 4) is 0 Å². The molecule has 0 spiro atoms. The number of nitrogens with one attached hydrogen (secondary N) is 1. The van der Waals surface area contributed by atoms with Crippen LogP contribution in [0, 0.1) is 0 Å². The van der Waals surface area contributed by atoms with Gasteiger partial charge < -0.3 is 5.32 Å². The molecule has 0 bridgehead atoms. The van der Waals surface area contributed by atoms with Crippen molar-refractivity contribution < 1.29 is 0 Å². The summed E-state index contributed by atoms with van der Waals surface area (Å²) in [4.78, 5) is 5.45. The largest absolute Gasteiger partial charge is 0.316 e. The molecular weight excluding hydrogens is 188 g/mol. The molecule has 1 aromatic rings. The van der Waals surface area contributed by atoms with Crippen LogP contribution in [0.5, 0.6) is 0 Å². The maximum Gasteiger partial charge on any atom is 0.0794 e. The van der Waals surface area contributed by atoms with Crippen molar-refractivity contribution in [3.63, 3.8) is 0 Å². The summed E-state index contributed by atoms with van der Waals surface area (Å²) < 4.78 is 0. The lowest BCUT2D eigenvalue weighted by Crippen LogP contribution is -2.10. The van der Waals surface area contributed by atoms with Gasteiger partial charge in [-0.05, 0) is 13.0 Å². The van der Waals surface area contributed by atoms with Crippen molar-refractivity contribution in [2.45, 2.75) is 17.4 Å². The molecule has 1 aliphatic rings. The summed E-state index contributed by atoms with van der Waals surface area (Å²) in [7, 11) is 0. The minimum atomic E-state index is 0.826. The molecule has 0 radical (unpaired) electrons. The standard InChI is InChI=1S/C8H12N2S2/c1-2-9-3-7(1)11-5-8-4-10-6-12-8/h4,6-7,9H,1-3,5H2/t7-/m1/s1. The molecular formula is C8H12N2S2. The monoisotopic (exact) mass is 200 g/mol. The van der Waals surface area contributed by atoms with E-state index in [1.165, 1.54) is 24.4 Å². The first kappa shape index (κ1) is 8.53. The van der Waals surface area contributed by atoms with Crippen molar-refractivity contribution in [3.05, 3.63) is 16.6 Å². The number of hydrogen-bond acceptors (Lipinski definition) is 4. The van der Waals surface area contributed by atoms with E-state index in [1.807, 2.05) is 23.5 Å². The molecule has 2 rings (SSSR count). The van der Waals surface area contributed by atoms with E-state index >= 15 is 0 Å². The minimum Gasteiger partial charge on any atom is -0.316 e. The highest BCUT2D eigenvalue weighted by Crippen LogP contribution is 2.23. The van der Waals surface area contributed by atoms with Gasteiger partial charge in [-0.15, -0.1) is 11.3 Å². The van der Waals surface area contributed by atoms with Crippen molar-refractivity contribution in [1.82, 2.24) is 10.3 Å². The first-order valence-corrected chi connectivity index (χ1v) is 6.07. The SMILES string of the molecule is c1ncc(CS[C@@H]2CCNC2)s1. The number of aromatic nitrogens is 1. The van der Waals surface area contributed by atoms with Gasteiger partial charge in [-0.2, -0.15) is 11.8 Å². The molecule has 2 nitrogen and oxygen atoms in total. The van der Waals surface area contributed by atoms with E-state index in [-0.39, 0.29) is 0 Å². The third-order valence-electron chi connectivity index (χ3n) is 1.96. The Labute approximate surface area is 80.8 Å². The van der Waals surface area contributed by atoms with Gasteiger partial charge in [-0.1, -0.05) is 0 Å². The van der Waals surface area contributed by atoms with Gasteiger partial charge in [0.25, 0.3) is 0 Å². The third-order valence-corrected chi connectivity index (χ3v) is 4.27. The Morgan fingerprint density at radius 2 is 2.75 bits per heavy atom. The molecule has 1 atom stereocenters. The molecule has 0 aliphatic carbocycles. The summed E-state index contributed by atoms with van der Waals surface area (Å²) in [6.45, 7) is 2.38. The van der Waals surface area contributed by atoms with Crippen LogP contribution in [0.1, 0.15) is 11.3 Å². The van der Waals surface area contributed by atoms with Crippen molar-refractivity contribution >= 4 is 23.1 Å². The van der Waals surface area contributed by atoms with Gasteiger partial charge in [0.1, 0.15) is 0 Å². The van der Waals surface area contributed by atoms with E-state index in [0.717, 1.165) is 11.0 Å². The molecule has 1 saturated heterocycles. The molecule has 0 unspecified atom stereocenters. The molecule has 0 aromatic carbocycles. The van der Waals surface area contributed by atoms with Crippen molar-refractivity contribution in [2.75, 3.05) is 13.1 Å². The number of nitrogens with zero attached hydrogens (tertiary/aromatic N) is 1. The summed E-state index contributed by atoms with van der Waals surface area (Å²) in [5.74, 6) is 1.14. The number of hydrogen-bond donors (Lipinski definition) is 1. The van der Waals surface area contributed by atoms with Crippen LogP contribution in [-0.4, -0.2) is 23.3 Å². The highest BCUT2D eigenvalue weighted by atomic mass is 32.2. The van der Waals surface area contributed by atoms with E-state index in [1.54, 1.807) is 11.3 Å². The van der Waals surface area contributed by atoms with Crippen LogP contribution in [0.2, 0.25) is 0 Å². The Morgan fingerprint density at radius 1 is 1.75 bits per heavy atom. The van der Waals surface area contributed by atoms with Crippen molar-refractivity contribution in [2.24, 2.45) is 0 Å². The highest BCUT2D eigenvalue weighted by molar-refractivity contribution is 7.99. The summed E-state index contributed by atoms with van der Waals surface area (Å²) >= 11 is 3.80. The molecule has 1 fully saturated rings. The fourth-order valence-corrected chi connectivity index (χ4v) is 3.13. The molecule has 66 valence electrons. The van der Waals surface area contributed by atoms with Crippen LogP contribution in [0.25, 0.3) is 0 Å². The first-order chi connectivity index (χ1) is 5.95. The zero-order chi connectivity index (χ0) is 8.23. The Kier molecular flexibility index (Phi) is 3.03. The maximum atomic E-state index is 4.06. The van der Waals surface area contributed by atoms with Crippen LogP contribution >= 0.6 is 23.1 Å². The average molecular weight is 200 g/mol. The van der Waals surface area contributed by atoms with Gasteiger partial charge >= 0.3 is 0 Å². The van der Waals surface area contributed by atoms with Crippen LogP contribution in [0.15, 0.2) is 11.7 Å². The topological polar surface area (TPSA) is 24.9 Å². The lowest BCUT2D eigenvalue weighted by atomic mass is 10.4. The lowest BCUT2D eigenvalue weighted by molar-refractivity contribution is 0.858. The molecule has 1 N–H and O–H groups in total. The number of rotatable bonds is 3. The Hall–Kier alpha value is -0.0600. The van der Waals surface area contributed by atoms with E-state index in [4.69, 9.17) is 0 Å². The quantitative estimate of drug-likeness (QED) is 0.804. The predicted octanol–water partition coefficient (Wildman–Crippen LogP) is 1.74. The number of thioether (sulfide) groups is 1. The second-order valence-corrected chi connectivity index (χ2v) is 5.15. The average Bonchev–Trinajstić information content (AvgIpc) is 2.74. The Balaban J connectivity index is 1.74. The van der Waals surface area contributed by atoms with E-state index in [2.05, 4.69) is 10.3 Å². The zero-order valence-electron chi connectivity index (χ0n) is 6.82. The summed E-state index contributed by atoms with van der Waals surface area (Å²) in [6, 6.07) is 0. The third kappa shape index (κ3) is 2.21. The van der Waals surface area contributed by atoms with E-state index in [9.17, 15) is 0 Å². The Bertz CT molecular complexity index is 217. The van der Waals surface area contributed by atoms with Crippen LogP contribution in [0.4, 0.5) is 0 Å². The molecule has 0 saturated carbocycles. The fourth-order valence-electron chi connectivity index (χ4n) is 1.28. The minimum absolute atomic E-state index is 0.826. The smallest absolute Gasteiger partial charge is 0.0794 e. The fraction of sp³-hybridized carbons (Fsp3) is 0.625. The maximum absolute atomic E-state index is 4.06. The molecule has 1 aromatic heterocycles. The summed E-state index contributed by atoms with van der Waals surface area (Å²) in [6.07, 6.45) is 3.30. The van der Waals surface area contributed by atoms with Gasteiger partial charge in [-0.3, -0.25) is 4.98 Å². The van der Waals surface area contributed by atoms with Gasteiger partial charge in [0.2, 0.25) is 0 Å². The summed E-state index contributed by atoms with van der Waals surface area (Å²) in [5, 5.41) is 4.20. The second-order valence-electron chi connectivity index (χ2n) is 2.89. The predicted molar refractivity (Wildman–Crippen MR) is 54.7 cm³/mol. The highest BCUT2D eigenvalue weighted by Gasteiger charge is 2.14. The Morgan fingerprint density at radius 3 is 3.42 bits per heavy atom. The van der Waals surface area contributed by atoms with Gasteiger partial charge in [0, 0.05) is 28.6 Å².